The van der Waals surface area contributed by atoms with Gasteiger partial charge in [0.05, 0.1) is 21.4 Å². The van der Waals surface area contributed by atoms with Crippen molar-refractivity contribution in [3.63, 3.8) is 0 Å². The van der Waals surface area contributed by atoms with E-state index < -0.39 is 16.9 Å². The van der Waals surface area contributed by atoms with Crippen LogP contribution in [0.2, 0.25) is 0 Å². The average Bonchev–Trinajstić information content (AvgIpc) is 2.87. The summed E-state index contributed by atoms with van der Waals surface area (Å²) in [6.07, 6.45) is 0. The number of rotatable bonds is 4. The summed E-state index contributed by atoms with van der Waals surface area (Å²) in [5.74, 6) is 1.19. The first kappa shape index (κ1) is 23.2. The zero-order chi connectivity index (χ0) is 25.4. The molecule has 0 unspecified atom stereocenters. The van der Waals surface area contributed by atoms with Crippen LogP contribution in [0.15, 0.2) is 80.8 Å². The fraction of sp³-hybridized carbons (Fsp3) is 0.0741. The summed E-state index contributed by atoms with van der Waals surface area (Å²) >= 11 is 3.51. The largest absolute Gasteiger partial charge is 0.456 e. The molecule has 176 valence electrons. The van der Waals surface area contributed by atoms with E-state index in [0.29, 0.717) is 27.2 Å². The molecule has 8 nitrogen and oxygen atoms in total. The fourth-order valence-corrected chi connectivity index (χ4v) is 4.55. The summed E-state index contributed by atoms with van der Waals surface area (Å²) in [5, 5.41) is 13.9. The van der Waals surface area contributed by atoms with Gasteiger partial charge in [-0.15, -0.1) is 5.10 Å². The number of nitrogens with zero attached hydrogens (tertiary/aromatic N) is 4. The van der Waals surface area contributed by atoms with Crippen molar-refractivity contribution in [3.8, 4) is 34.5 Å². The Balaban J connectivity index is 1.50. The van der Waals surface area contributed by atoms with Gasteiger partial charge in [-0.05, 0) is 77.3 Å². The Morgan fingerprint density at radius 2 is 1.78 bits per heavy atom. The van der Waals surface area contributed by atoms with Crippen molar-refractivity contribution in [3.05, 3.63) is 109 Å². The second-order valence-corrected chi connectivity index (χ2v) is 9.03. The minimum atomic E-state index is -0.827. The predicted molar refractivity (Wildman–Crippen MR) is 140 cm³/mol. The molecule has 5 aromatic rings. The van der Waals surface area contributed by atoms with E-state index in [1.165, 1.54) is 0 Å². The van der Waals surface area contributed by atoms with Gasteiger partial charge in [-0.1, -0.05) is 30.3 Å². The number of benzene rings is 3. The summed E-state index contributed by atoms with van der Waals surface area (Å²) in [5.41, 5.74) is 3.02. The van der Waals surface area contributed by atoms with Crippen LogP contribution in [0.3, 0.4) is 0 Å². The minimum Gasteiger partial charge on any atom is -0.456 e. The highest BCUT2D eigenvalue weighted by Crippen LogP contribution is 2.36. The first-order valence-corrected chi connectivity index (χ1v) is 11.7. The maximum atomic E-state index is 12.3. The van der Waals surface area contributed by atoms with Gasteiger partial charge in [0.15, 0.2) is 0 Å². The number of ether oxygens (including phenoxy) is 1. The summed E-state index contributed by atoms with van der Waals surface area (Å²) in [7, 11) is 0. The molecule has 36 heavy (non-hydrogen) atoms. The van der Waals surface area contributed by atoms with E-state index in [1.54, 1.807) is 18.2 Å². The van der Waals surface area contributed by atoms with Crippen LogP contribution >= 0.6 is 15.9 Å². The lowest BCUT2D eigenvalue weighted by Gasteiger charge is -2.14. The number of nitriles is 1. The molecule has 5 rings (SSSR count). The topological polar surface area (TPSA) is 114 Å². The Bertz CT molecular complexity index is 1780. The molecular formula is C27H18BrN5O3. The molecule has 1 N–H and O–H groups in total. The van der Waals surface area contributed by atoms with Gasteiger partial charge in [0.2, 0.25) is 5.69 Å². The number of aryl methyl sites for hydroxylation is 2. The second kappa shape index (κ2) is 9.24. The van der Waals surface area contributed by atoms with Crippen molar-refractivity contribution in [2.75, 3.05) is 0 Å². The molecule has 0 aliphatic heterocycles. The molecule has 0 fully saturated rings. The Morgan fingerprint density at radius 3 is 2.50 bits per heavy atom. The van der Waals surface area contributed by atoms with Crippen LogP contribution in [-0.2, 0) is 0 Å². The highest BCUT2D eigenvalue weighted by Gasteiger charge is 2.14. The zero-order valence-electron chi connectivity index (χ0n) is 19.2. The van der Waals surface area contributed by atoms with E-state index in [2.05, 4.69) is 32.1 Å². The third kappa shape index (κ3) is 4.30. The second-order valence-electron chi connectivity index (χ2n) is 8.18. The maximum Gasteiger partial charge on any atom is 0.349 e. The number of pyridine rings is 1. The number of hydrogen-bond donors (Lipinski definition) is 1. The molecule has 0 amide bonds. The van der Waals surface area contributed by atoms with E-state index >= 15 is 0 Å². The summed E-state index contributed by atoms with van der Waals surface area (Å²) < 4.78 is 7.75. The molecule has 0 saturated heterocycles. The van der Waals surface area contributed by atoms with Crippen LogP contribution in [0, 0.1) is 25.2 Å². The van der Waals surface area contributed by atoms with E-state index in [-0.39, 0.29) is 0 Å². The third-order valence-corrected chi connectivity index (χ3v) is 6.26. The number of nitrogens with one attached hydrogen (secondary N) is 1. The Kier molecular flexibility index (Phi) is 5.96. The Hall–Kier alpha value is -4.55. The van der Waals surface area contributed by atoms with Crippen molar-refractivity contribution in [2.24, 2.45) is 0 Å². The minimum absolute atomic E-state index is 0.372. The smallest absolute Gasteiger partial charge is 0.349 e. The quantitative estimate of drug-likeness (QED) is 0.336. The van der Waals surface area contributed by atoms with Crippen LogP contribution < -0.4 is 16.0 Å². The van der Waals surface area contributed by atoms with Crippen molar-refractivity contribution in [1.82, 2.24) is 19.7 Å². The molecule has 3 aromatic carbocycles. The first-order chi connectivity index (χ1) is 17.3. The monoisotopic (exact) mass is 539 g/mol. The lowest BCUT2D eigenvalue weighted by molar-refractivity contribution is 0.476. The third-order valence-electron chi connectivity index (χ3n) is 5.67. The molecular weight excluding hydrogens is 522 g/mol. The highest BCUT2D eigenvalue weighted by atomic mass is 79.9. The van der Waals surface area contributed by atoms with Crippen LogP contribution in [0.25, 0.3) is 27.8 Å². The molecule has 2 heterocycles. The lowest BCUT2D eigenvalue weighted by atomic mass is 10.0. The fourth-order valence-electron chi connectivity index (χ4n) is 3.92. The number of hydrogen-bond acceptors (Lipinski definition) is 6. The van der Waals surface area contributed by atoms with E-state index in [1.807, 2.05) is 62.4 Å². The number of aromatic amines is 1. The number of aromatic nitrogens is 4. The lowest BCUT2D eigenvalue weighted by Crippen LogP contribution is -2.33. The average molecular weight is 540 g/mol. The van der Waals surface area contributed by atoms with Crippen LogP contribution in [-0.4, -0.2) is 19.7 Å². The van der Waals surface area contributed by atoms with E-state index in [4.69, 9.17) is 15.0 Å². The number of halogens is 1. The van der Waals surface area contributed by atoms with Crippen molar-refractivity contribution < 1.29 is 4.74 Å². The van der Waals surface area contributed by atoms with E-state index in [0.717, 1.165) is 32.4 Å². The summed E-state index contributed by atoms with van der Waals surface area (Å²) in [6, 6.07) is 22.8. The normalized spacial score (nSPS) is 10.8. The van der Waals surface area contributed by atoms with Crippen LogP contribution in [0.4, 0.5) is 0 Å². The molecule has 0 saturated carbocycles. The highest BCUT2D eigenvalue weighted by molar-refractivity contribution is 9.10. The van der Waals surface area contributed by atoms with E-state index in [9.17, 15) is 9.59 Å². The molecule has 9 heteroatoms. The molecule has 0 spiro atoms. The van der Waals surface area contributed by atoms with Gasteiger partial charge in [-0.2, -0.15) is 9.94 Å². The Labute approximate surface area is 213 Å². The molecule has 0 aliphatic carbocycles. The van der Waals surface area contributed by atoms with Crippen LogP contribution in [0.5, 0.6) is 11.5 Å². The predicted octanol–water partition coefficient (Wildman–Crippen LogP) is 5.18. The number of H-pyrrole nitrogens is 1. The van der Waals surface area contributed by atoms with Gasteiger partial charge < -0.3 is 4.74 Å². The molecule has 0 bridgehead atoms. The van der Waals surface area contributed by atoms with Gasteiger partial charge >= 0.3 is 5.69 Å². The van der Waals surface area contributed by atoms with Gasteiger partial charge in [0.1, 0.15) is 17.6 Å². The molecule has 0 atom stereocenters. The summed E-state index contributed by atoms with van der Waals surface area (Å²) in [6.45, 7) is 3.87. The van der Waals surface area contributed by atoms with Gasteiger partial charge in [-0.3, -0.25) is 9.78 Å². The SMILES string of the molecule is Cc1cc(-n2nc(C#N)c(=O)[nH]c2=O)cc(Br)c1Oc1ccc2nc(-c3ccccc3)cc(C)c2c1. The van der Waals surface area contributed by atoms with Crippen LogP contribution in [0.1, 0.15) is 16.8 Å². The first-order valence-electron chi connectivity index (χ1n) is 10.9. The van der Waals surface area contributed by atoms with Gasteiger partial charge in [0, 0.05) is 10.9 Å². The van der Waals surface area contributed by atoms with Crippen molar-refractivity contribution >= 4 is 26.8 Å². The van der Waals surface area contributed by atoms with Crippen molar-refractivity contribution in [2.45, 2.75) is 13.8 Å². The maximum absolute atomic E-state index is 12.3. The summed E-state index contributed by atoms with van der Waals surface area (Å²) in [4.78, 5) is 30.8. The van der Waals surface area contributed by atoms with Crippen molar-refractivity contribution in [1.29, 1.82) is 5.26 Å². The standard InChI is InChI=1S/C27H18BrN5O3/c1-15-11-23(17-6-4-3-5-7-17)30-22-9-8-19(13-20(15)22)36-25-16(2)10-18(12-21(25)28)33-27(35)31-26(34)24(14-29)32-33/h3-13H,1-2H3,(H,31,34,35). The van der Waals surface area contributed by atoms with Gasteiger partial charge in [-0.25, -0.2) is 9.78 Å². The molecule has 2 aromatic heterocycles. The molecule has 0 aliphatic rings. The number of fused-ring (bicyclic) bond motifs is 1. The Morgan fingerprint density at radius 1 is 1.00 bits per heavy atom. The van der Waals surface area contributed by atoms with Gasteiger partial charge in [0.25, 0.3) is 5.56 Å². The zero-order valence-corrected chi connectivity index (χ0v) is 20.8. The molecule has 0 radical (unpaired) electrons.